The van der Waals surface area contributed by atoms with Gasteiger partial charge in [0, 0.05) is 19.1 Å². The Hall–Kier alpha value is -1.29. The lowest BCUT2D eigenvalue weighted by Gasteiger charge is -2.36. The summed E-state index contributed by atoms with van der Waals surface area (Å²) in [5.41, 5.74) is 2.01. The van der Waals surface area contributed by atoms with Gasteiger partial charge in [-0.3, -0.25) is 0 Å². The van der Waals surface area contributed by atoms with Crippen LogP contribution in [-0.4, -0.2) is 26.0 Å². The van der Waals surface area contributed by atoms with Gasteiger partial charge in [0.2, 0.25) is 0 Å². The fourth-order valence-corrected chi connectivity index (χ4v) is 3.26. The predicted molar refractivity (Wildman–Crippen MR) is 78.7 cm³/mol. The van der Waals surface area contributed by atoms with Crippen LogP contribution in [0.15, 0.2) is 18.6 Å². The van der Waals surface area contributed by atoms with Crippen LogP contribution in [0.4, 0.5) is 5.82 Å². The van der Waals surface area contributed by atoms with Crippen molar-refractivity contribution in [2.24, 2.45) is 7.05 Å². The lowest BCUT2D eigenvalue weighted by Crippen LogP contribution is -2.42. The minimum Gasteiger partial charge on any atom is -0.362 e. The van der Waals surface area contributed by atoms with E-state index in [0.717, 1.165) is 29.7 Å². The molecule has 0 aliphatic heterocycles. The van der Waals surface area contributed by atoms with Crippen LogP contribution in [0.1, 0.15) is 32.1 Å². The maximum Gasteiger partial charge on any atom is 0.154 e. The molecule has 0 unspecified atom stereocenters. The molecule has 1 N–H and O–H groups in total. The number of hydrogen-bond acceptors (Lipinski definition) is 3. The summed E-state index contributed by atoms with van der Waals surface area (Å²) in [4.78, 5) is 8.91. The molecular formula is C14H19ClN4. The number of imidazole rings is 1. The number of nitrogens with zero attached hydrogens (tertiary/aromatic N) is 3. The van der Waals surface area contributed by atoms with Gasteiger partial charge in [0.1, 0.15) is 5.52 Å². The van der Waals surface area contributed by atoms with Gasteiger partial charge < -0.3 is 9.88 Å². The zero-order valence-electron chi connectivity index (χ0n) is 11.2. The average Bonchev–Trinajstić information content (AvgIpc) is 2.83. The minimum absolute atomic E-state index is 0.0153. The van der Waals surface area contributed by atoms with E-state index in [1.54, 1.807) is 0 Å². The summed E-state index contributed by atoms with van der Waals surface area (Å²) < 4.78 is 2.01. The molecule has 2 aromatic heterocycles. The maximum absolute atomic E-state index is 6.23. The first-order valence-electron chi connectivity index (χ1n) is 6.84. The van der Waals surface area contributed by atoms with Crippen LogP contribution in [0.25, 0.3) is 11.0 Å². The number of nitrogens with one attached hydrogen (secondary N) is 1. The molecule has 1 aliphatic carbocycles. The Bertz CT molecular complexity index is 572. The maximum atomic E-state index is 6.23. The lowest BCUT2D eigenvalue weighted by atomic mass is 9.83. The number of fused-ring (bicyclic) bond motifs is 1. The van der Waals surface area contributed by atoms with Crippen LogP contribution in [0.3, 0.4) is 0 Å². The first-order valence-corrected chi connectivity index (χ1v) is 7.38. The lowest BCUT2D eigenvalue weighted by molar-refractivity contribution is 0.353. The summed E-state index contributed by atoms with van der Waals surface area (Å²) in [5, 5.41) is 3.58. The largest absolute Gasteiger partial charge is 0.362 e. The number of pyridine rings is 1. The Kier molecular flexibility index (Phi) is 3.35. The topological polar surface area (TPSA) is 42.7 Å². The fraction of sp³-hybridized carbons (Fsp3) is 0.571. The Balaban J connectivity index is 1.95. The van der Waals surface area contributed by atoms with E-state index in [1.807, 2.05) is 30.2 Å². The van der Waals surface area contributed by atoms with E-state index in [2.05, 4.69) is 15.3 Å². The fourth-order valence-electron chi connectivity index (χ4n) is 2.93. The summed E-state index contributed by atoms with van der Waals surface area (Å²) in [6.45, 7) is 0. The number of alkyl halides is 1. The second-order valence-electron chi connectivity index (χ2n) is 5.48. The Morgan fingerprint density at radius 2 is 2.11 bits per heavy atom. The van der Waals surface area contributed by atoms with Gasteiger partial charge in [0.25, 0.3) is 0 Å². The first kappa shape index (κ1) is 12.7. The van der Waals surface area contributed by atoms with Crippen LogP contribution in [0.5, 0.6) is 0 Å². The number of rotatable bonds is 3. The van der Waals surface area contributed by atoms with E-state index < -0.39 is 0 Å². The standard InChI is InChI=1S/C14H19ClN4/c1-19-10-17-12-11(19)5-8-16-13(12)18-14(9-15)6-3-2-4-7-14/h5,8,10H,2-4,6-7,9H2,1H3,(H,16,18). The van der Waals surface area contributed by atoms with Crippen LogP contribution in [0, 0.1) is 0 Å². The molecule has 0 saturated heterocycles. The zero-order chi connectivity index (χ0) is 13.3. The monoisotopic (exact) mass is 278 g/mol. The summed E-state index contributed by atoms with van der Waals surface area (Å²) in [6, 6.07) is 1.99. The molecule has 102 valence electrons. The molecule has 19 heavy (non-hydrogen) atoms. The number of halogens is 1. The van der Waals surface area contributed by atoms with E-state index in [-0.39, 0.29) is 5.54 Å². The molecule has 3 rings (SSSR count). The van der Waals surface area contributed by atoms with Gasteiger partial charge in [-0.15, -0.1) is 11.6 Å². The molecule has 2 aromatic rings. The second-order valence-corrected chi connectivity index (χ2v) is 5.75. The molecule has 1 aliphatic rings. The molecule has 5 heteroatoms. The van der Waals surface area contributed by atoms with Gasteiger partial charge in [-0.2, -0.15) is 0 Å². The van der Waals surface area contributed by atoms with Crippen LogP contribution >= 0.6 is 11.6 Å². The normalized spacial score (nSPS) is 18.6. The number of hydrogen-bond donors (Lipinski definition) is 1. The minimum atomic E-state index is -0.0153. The van der Waals surface area contributed by atoms with Crippen molar-refractivity contribution in [3.63, 3.8) is 0 Å². The van der Waals surface area contributed by atoms with Crippen molar-refractivity contribution in [1.82, 2.24) is 14.5 Å². The summed E-state index contributed by atoms with van der Waals surface area (Å²) in [6.07, 6.45) is 9.66. The highest BCUT2D eigenvalue weighted by atomic mass is 35.5. The summed E-state index contributed by atoms with van der Waals surface area (Å²) in [5.74, 6) is 1.48. The smallest absolute Gasteiger partial charge is 0.154 e. The average molecular weight is 279 g/mol. The quantitative estimate of drug-likeness (QED) is 0.876. The predicted octanol–water partition coefficient (Wildman–Crippen LogP) is 3.32. The molecule has 1 fully saturated rings. The Morgan fingerprint density at radius 1 is 1.32 bits per heavy atom. The highest BCUT2D eigenvalue weighted by Gasteiger charge is 2.32. The van der Waals surface area contributed by atoms with Crippen LogP contribution in [0.2, 0.25) is 0 Å². The summed E-state index contributed by atoms with van der Waals surface area (Å²) >= 11 is 6.23. The van der Waals surface area contributed by atoms with Crippen molar-refractivity contribution in [2.75, 3.05) is 11.2 Å². The van der Waals surface area contributed by atoms with E-state index in [4.69, 9.17) is 11.6 Å². The van der Waals surface area contributed by atoms with Crippen molar-refractivity contribution in [3.8, 4) is 0 Å². The van der Waals surface area contributed by atoms with Gasteiger partial charge >= 0.3 is 0 Å². The van der Waals surface area contributed by atoms with Crippen molar-refractivity contribution < 1.29 is 0 Å². The Labute approximate surface area is 118 Å². The van der Waals surface area contributed by atoms with E-state index in [9.17, 15) is 0 Å². The molecule has 2 heterocycles. The molecule has 0 atom stereocenters. The molecule has 4 nitrogen and oxygen atoms in total. The van der Waals surface area contributed by atoms with Crippen LogP contribution in [-0.2, 0) is 7.05 Å². The van der Waals surface area contributed by atoms with E-state index in [1.165, 1.54) is 19.3 Å². The molecule has 0 spiro atoms. The third-order valence-electron chi connectivity index (χ3n) is 4.09. The number of anilines is 1. The Morgan fingerprint density at radius 3 is 2.84 bits per heavy atom. The van der Waals surface area contributed by atoms with Gasteiger partial charge in [0.05, 0.1) is 17.4 Å². The zero-order valence-corrected chi connectivity index (χ0v) is 12.0. The highest BCUT2D eigenvalue weighted by molar-refractivity contribution is 6.18. The van der Waals surface area contributed by atoms with Gasteiger partial charge in [-0.1, -0.05) is 19.3 Å². The summed E-state index contributed by atoms with van der Waals surface area (Å²) in [7, 11) is 2.00. The van der Waals surface area contributed by atoms with Crippen LogP contribution < -0.4 is 5.32 Å². The molecule has 0 radical (unpaired) electrons. The molecule has 1 saturated carbocycles. The van der Waals surface area contributed by atoms with E-state index in [0.29, 0.717) is 5.88 Å². The van der Waals surface area contributed by atoms with Crippen molar-refractivity contribution in [1.29, 1.82) is 0 Å². The second kappa shape index (κ2) is 5.00. The molecular weight excluding hydrogens is 260 g/mol. The van der Waals surface area contributed by atoms with Crippen molar-refractivity contribution in [3.05, 3.63) is 18.6 Å². The molecule has 0 bridgehead atoms. The third kappa shape index (κ3) is 2.29. The van der Waals surface area contributed by atoms with Crippen molar-refractivity contribution >= 4 is 28.5 Å². The van der Waals surface area contributed by atoms with Gasteiger partial charge in [-0.05, 0) is 18.9 Å². The van der Waals surface area contributed by atoms with Crippen molar-refractivity contribution in [2.45, 2.75) is 37.6 Å². The molecule has 0 amide bonds. The number of aromatic nitrogens is 3. The SMILES string of the molecule is Cn1cnc2c(NC3(CCl)CCCCC3)nccc21. The third-order valence-corrected chi connectivity index (χ3v) is 4.60. The van der Waals surface area contributed by atoms with Gasteiger partial charge in [0.15, 0.2) is 5.82 Å². The first-order chi connectivity index (χ1) is 9.24. The number of aryl methyl sites for hydroxylation is 1. The highest BCUT2D eigenvalue weighted by Crippen LogP contribution is 2.33. The van der Waals surface area contributed by atoms with E-state index >= 15 is 0 Å². The molecule has 0 aromatic carbocycles. The van der Waals surface area contributed by atoms with Gasteiger partial charge in [-0.25, -0.2) is 9.97 Å².